The van der Waals surface area contributed by atoms with Gasteiger partial charge in [-0.05, 0) is 93.1 Å². The minimum atomic E-state index is -1.66. The van der Waals surface area contributed by atoms with Crippen LogP contribution in [-0.4, -0.2) is 115 Å². The van der Waals surface area contributed by atoms with Crippen molar-refractivity contribution < 1.29 is 59.1 Å². The van der Waals surface area contributed by atoms with Gasteiger partial charge < -0.3 is 59.1 Å². The lowest BCUT2D eigenvalue weighted by Crippen LogP contribution is -2.64. The fourth-order valence-electron chi connectivity index (χ4n) is 10.7. The number of ether oxygens (including phenoxy) is 4. The summed E-state index contributed by atoms with van der Waals surface area (Å²) in [6, 6.07) is 3.32. The third-order valence-corrected chi connectivity index (χ3v) is 13.6. The predicted molar refractivity (Wildman–Crippen MR) is 171 cm³/mol. The Balaban J connectivity index is 1.01. The summed E-state index contributed by atoms with van der Waals surface area (Å²) in [5.74, 6) is 0.572. The van der Waals surface area contributed by atoms with Crippen molar-refractivity contribution in [3.05, 3.63) is 46.0 Å². The average Bonchev–Trinajstić information content (AvgIpc) is 3.36. The van der Waals surface area contributed by atoms with E-state index in [9.17, 15) is 40.5 Å². The molecular weight excluding hydrogens is 640 g/mol. The predicted octanol–water partition coefficient (Wildman–Crippen LogP) is 0.838. The molecule has 0 amide bonds. The normalized spacial score (nSPS) is 51.3. The zero-order chi connectivity index (χ0) is 35.0. The van der Waals surface area contributed by atoms with Gasteiger partial charge in [0.05, 0.1) is 30.7 Å². The van der Waals surface area contributed by atoms with Crippen LogP contribution in [0, 0.1) is 22.7 Å². The number of aliphatic hydroxyl groups is 7. The van der Waals surface area contributed by atoms with Gasteiger partial charge in [0.2, 0.25) is 0 Å². The highest BCUT2D eigenvalue weighted by molar-refractivity contribution is 5.31. The molecule has 13 heteroatoms. The number of rotatable bonds is 6. The standard InChI is InChI=1S/C36H52O13/c1-17-31(49-33-29(42)27(40)26(39)24(15-37)48-33)28(41)30(43)32(46-17)47-20-8-11-34(2)19(14-20)5-6-23-22(34)9-12-35(3)21(10-13-36(23,35)44)18-4-7-25(38)45-16-18/h4,7,14,16-17,20-24,26-33,37,39-44H,5-6,8-13,15H2,1-3H3/t17-,20-,21+,22-,23+,24+,26+,27-,28+,29+,30+,31-,32-,33-,34-,35+,36-/m0/s1. The van der Waals surface area contributed by atoms with Crippen LogP contribution >= 0.6 is 0 Å². The molecule has 17 atom stereocenters. The first-order valence-electron chi connectivity index (χ1n) is 17.9. The van der Waals surface area contributed by atoms with Crippen LogP contribution in [0.3, 0.4) is 0 Å². The zero-order valence-electron chi connectivity index (χ0n) is 28.3. The van der Waals surface area contributed by atoms with Gasteiger partial charge in [-0.3, -0.25) is 0 Å². The van der Waals surface area contributed by atoms with E-state index in [-0.39, 0.29) is 34.4 Å². The first kappa shape index (κ1) is 35.6. The Morgan fingerprint density at radius 3 is 2.29 bits per heavy atom. The van der Waals surface area contributed by atoms with Gasteiger partial charge in [-0.2, -0.15) is 0 Å². The van der Waals surface area contributed by atoms with Crippen molar-refractivity contribution in [2.75, 3.05) is 6.61 Å². The topological polar surface area (TPSA) is 209 Å². The van der Waals surface area contributed by atoms with Crippen molar-refractivity contribution in [1.29, 1.82) is 0 Å². The monoisotopic (exact) mass is 692 g/mol. The van der Waals surface area contributed by atoms with Crippen molar-refractivity contribution in [3.63, 3.8) is 0 Å². The Bertz CT molecular complexity index is 1430. The minimum absolute atomic E-state index is 0.110. The van der Waals surface area contributed by atoms with E-state index in [0.29, 0.717) is 18.8 Å². The lowest BCUT2D eigenvalue weighted by Gasteiger charge is -2.62. The molecule has 5 fully saturated rings. The van der Waals surface area contributed by atoms with Gasteiger partial charge in [0.25, 0.3) is 0 Å². The van der Waals surface area contributed by atoms with Crippen LogP contribution in [0.2, 0.25) is 0 Å². The lowest BCUT2D eigenvalue weighted by atomic mass is 9.45. The van der Waals surface area contributed by atoms with E-state index in [1.165, 1.54) is 11.6 Å². The maximum Gasteiger partial charge on any atom is 0.335 e. The maximum absolute atomic E-state index is 12.5. The summed E-state index contributed by atoms with van der Waals surface area (Å²) < 4.78 is 28.7. The highest BCUT2D eigenvalue weighted by Gasteiger charge is 2.67. The van der Waals surface area contributed by atoms with Gasteiger partial charge in [-0.1, -0.05) is 25.5 Å². The summed E-state index contributed by atoms with van der Waals surface area (Å²) in [6.07, 6.45) is -3.69. The number of fused-ring (bicyclic) bond motifs is 5. The molecule has 13 nitrogen and oxygen atoms in total. The van der Waals surface area contributed by atoms with E-state index in [0.717, 1.165) is 44.1 Å². The highest BCUT2D eigenvalue weighted by Crippen LogP contribution is 2.70. The molecule has 3 saturated carbocycles. The van der Waals surface area contributed by atoms with E-state index in [4.69, 9.17) is 23.4 Å². The molecule has 7 N–H and O–H groups in total. The van der Waals surface area contributed by atoms with Crippen molar-refractivity contribution in [3.8, 4) is 0 Å². The summed E-state index contributed by atoms with van der Waals surface area (Å²) in [6.45, 7) is 5.53. The van der Waals surface area contributed by atoms with Crippen LogP contribution in [-0.2, 0) is 18.9 Å². The van der Waals surface area contributed by atoms with Crippen LogP contribution in [0.25, 0.3) is 0 Å². The second-order valence-corrected chi connectivity index (χ2v) is 15.9. The smallest absolute Gasteiger partial charge is 0.335 e. The fourth-order valence-corrected chi connectivity index (χ4v) is 10.7. The van der Waals surface area contributed by atoms with Gasteiger partial charge in [-0.15, -0.1) is 0 Å². The number of allylic oxidation sites excluding steroid dienone is 1. The second kappa shape index (κ2) is 13.0. The summed E-state index contributed by atoms with van der Waals surface area (Å²) in [4.78, 5) is 11.6. The number of hydrogen-bond donors (Lipinski definition) is 7. The fraction of sp³-hybridized carbons (Fsp3) is 0.806. The second-order valence-electron chi connectivity index (χ2n) is 15.9. The van der Waals surface area contributed by atoms with E-state index < -0.39 is 73.6 Å². The number of aliphatic hydroxyl groups excluding tert-OH is 6. The Hall–Kier alpha value is -1.75. The summed E-state index contributed by atoms with van der Waals surface area (Å²) >= 11 is 0. The molecule has 0 bridgehead atoms. The van der Waals surface area contributed by atoms with Crippen LogP contribution in [0.15, 0.2) is 39.3 Å². The average molecular weight is 693 g/mol. The quantitative estimate of drug-likeness (QED) is 0.207. The molecule has 0 aromatic carbocycles. The van der Waals surface area contributed by atoms with Crippen molar-refractivity contribution in [1.82, 2.24) is 0 Å². The van der Waals surface area contributed by atoms with Gasteiger partial charge >= 0.3 is 5.63 Å². The maximum atomic E-state index is 12.5. The Kier molecular flexibility index (Phi) is 9.48. The molecule has 7 rings (SSSR count). The van der Waals surface area contributed by atoms with E-state index in [1.807, 2.05) is 6.07 Å². The Morgan fingerprint density at radius 2 is 1.57 bits per heavy atom. The highest BCUT2D eigenvalue weighted by atomic mass is 16.7. The molecule has 2 aliphatic heterocycles. The van der Waals surface area contributed by atoms with E-state index in [2.05, 4.69) is 19.9 Å². The van der Waals surface area contributed by atoms with E-state index in [1.54, 1.807) is 13.2 Å². The number of hydrogen-bond acceptors (Lipinski definition) is 13. The molecule has 0 unspecified atom stereocenters. The van der Waals surface area contributed by atoms with Crippen molar-refractivity contribution in [2.45, 2.75) is 151 Å². The minimum Gasteiger partial charge on any atom is -0.431 e. The summed E-state index contributed by atoms with van der Waals surface area (Å²) in [5.41, 5.74) is 0.655. The largest absolute Gasteiger partial charge is 0.431 e. The Morgan fingerprint density at radius 1 is 0.837 bits per heavy atom. The summed E-state index contributed by atoms with van der Waals surface area (Å²) in [5, 5.41) is 74.7. The van der Waals surface area contributed by atoms with Gasteiger partial charge in [0.15, 0.2) is 12.6 Å². The van der Waals surface area contributed by atoms with Crippen LogP contribution in [0.5, 0.6) is 0 Å². The first-order valence-corrected chi connectivity index (χ1v) is 17.9. The molecule has 274 valence electrons. The molecule has 6 aliphatic rings. The molecule has 2 saturated heterocycles. The third-order valence-electron chi connectivity index (χ3n) is 13.6. The van der Waals surface area contributed by atoms with E-state index >= 15 is 0 Å². The molecule has 4 aliphatic carbocycles. The SMILES string of the molecule is C[C@@H]1O[C@@H](O[C@@H]2C=C3CC[C@@H]4[C@H](CC[C@]5(C)[C@@H](c6ccc(=O)oc6)CC[C@]45O)[C@@]3(C)CC2)[C@H](O)[C@@H](O)[C@H]1O[C@@H]1O[C@H](CO)[C@@H](O)[C@H](O)[C@H]1O. The van der Waals surface area contributed by atoms with Gasteiger partial charge in [-0.25, -0.2) is 4.79 Å². The van der Waals surface area contributed by atoms with Gasteiger partial charge in [0.1, 0.15) is 42.7 Å². The molecule has 0 radical (unpaired) electrons. The van der Waals surface area contributed by atoms with Crippen LogP contribution in [0.4, 0.5) is 0 Å². The summed E-state index contributed by atoms with van der Waals surface area (Å²) in [7, 11) is 0. The van der Waals surface area contributed by atoms with Gasteiger partial charge in [0, 0.05) is 11.5 Å². The third kappa shape index (κ3) is 5.68. The lowest BCUT2D eigenvalue weighted by molar-refractivity contribution is -0.357. The molecule has 1 aromatic heterocycles. The van der Waals surface area contributed by atoms with Crippen molar-refractivity contribution in [2.24, 2.45) is 22.7 Å². The van der Waals surface area contributed by atoms with Crippen LogP contribution < -0.4 is 5.63 Å². The Labute approximate surface area is 285 Å². The first-order chi connectivity index (χ1) is 23.2. The van der Waals surface area contributed by atoms with Crippen LogP contribution in [0.1, 0.15) is 83.6 Å². The molecular formula is C36H52O13. The van der Waals surface area contributed by atoms with Crippen molar-refractivity contribution >= 4 is 0 Å². The zero-order valence-corrected chi connectivity index (χ0v) is 28.3. The molecule has 0 spiro atoms. The molecule has 1 aromatic rings. The molecule has 3 heterocycles. The molecule has 49 heavy (non-hydrogen) atoms.